The summed E-state index contributed by atoms with van der Waals surface area (Å²) in [4.78, 5) is 10.8. The molecule has 1 amide bonds. The van der Waals surface area contributed by atoms with Crippen molar-refractivity contribution >= 4 is 11.6 Å². The van der Waals surface area contributed by atoms with Crippen LogP contribution in [0.2, 0.25) is 0 Å². The zero-order valence-corrected chi connectivity index (χ0v) is 7.60. The molecule has 0 aromatic heterocycles. The van der Waals surface area contributed by atoms with Crippen molar-refractivity contribution in [3.63, 3.8) is 0 Å². The first kappa shape index (κ1) is 10.4. The number of rotatable bonds is 3. The third-order valence-electron chi connectivity index (χ3n) is 1.65. The van der Waals surface area contributed by atoms with E-state index < -0.39 is 11.6 Å². The fraction of sp³-hybridized carbons (Fsp3) is 0.222. The van der Waals surface area contributed by atoms with Crippen LogP contribution >= 0.6 is 0 Å². The second kappa shape index (κ2) is 4.55. The van der Waals surface area contributed by atoms with Crippen molar-refractivity contribution in [2.75, 3.05) is 18.9 Å². The molecule has 0 saturated heterocycles. The summed E-state index contributed by atoms with van der Waals surface area (Å²) in [6.45, 7) is 0.0293. The first-order chi connectivity index (χ1) is 6.63. The highest BCUT2D eigenvalue weighted by Gasteiger charge is 2.03. The van der Waals surface area contributed by atoms with Gasteiger partial charge in [-0.2, -0.15) is 0 Å². The summed E-state index contributed by atoms with van der Waals surface area (Å²) < 4.78 is 25.2. The molecule has 3 nitrogen and oxygen atoms in total. The highest BCUT2D eigenvalue weighted by molar-refractivity contribution is 5.80. The maximum absolute atomic E-state index is 12.7. The molecular weight excluding hydrogens is 190 g/mol. The number of amides is 1. The minimum Gasteiger partial charge on any atom is -0.376 e. The van der Waals surface area contributed by atoms with Crippen LogP contribution < -0.4 is 10.6 Å². The molecule has 2 N–H and O–H groups in total. The van der Waals surface area contributed by atoms with E-state index in [4.69, 9.17) is 0 Å². The molecule has 1 aromatic rings. The van der Waals surface area contributed by atoms with Crippen molar-refractivity contribution in [2.24, 2.45) is 0 Å². The van der Waals surface area contributed by atoms with Crippen molar-refractivity contribution in [3.05, 3.63) is 29.8 Å². The molecule has 0 aliphatic heterocycles. The molecule has 0 aliphatic carbocycles. The predicted octanol–water partition coefficient (Wildman–Crippen LogP) is 1.12. The molecule has 76 valence electrons. The second-order valence-electron chi connectivity index (χ2n) is 2.66. The number of halogens is 2. The number of likely N-dealkylation sites (N-methyl/N-ethyl adjacent to an activating group) is 1. The van der Waals surface area contributed by atoms with Gasteiger partial charge in [-0.15, -0.1) is 0 Å². The Balaban J connectivity index is 2.60. The first-order valence-electron chi connectivity index (χ1n) is 4.03. The van der Waals surface area contributed by atoms with Gasteiger partial charge in [-0.25, -0.2) is 8.78 Å². The average Bonchev–Trinajstić information content (AvgIpc) is 2.19. The van der Waals surface area contributed by atoms with E-state index in [0.29, 0.717) is 5.69 Å². The summed E-state index contributed by atoms with van der Waals surface area (Å²) in [7, 11) is 1.50. The highest BCUT2D eigenvalue weighted by atomic mass is 19.2. The molecule has 0 unspecified atom stereocenters. The van der Waals surface area contributed by atoms with Crippen LogP contribution in [-0.4, -0.2) is 19.5 Å². The van der Waals surface area contributed by atoms with E-state index in [1.165, 1.54) is 13.1 Å². The minimum atomic E-state index is -0.938. The molecule has 0 atom stereocenters. The maximum atomic E-state index is 12.7. The number of carbonyl (C=O) groups excluding carboxylic acids is 1. The Hall–Kier alpha value is -1.65. The van der Waals surface area contributed by atoms with Crippen LogP contribution in [0.4, 0.5) is 14.5 Å². The van der Waals surface area contributed by atoms with Crippen molar-refractivity contribution in [2.45, 2.75) is 0 Å². The zero-order valence-electron chi connectivity index (χ0n) is 7.60. The van der Waals surface area contributed by atoms with E-state index in [-0.39, 0.29) is 12.5 Å². The molecule has 14 heavy (non-hydrogen) atoms. The van der Waals surface area contributed by atoms with Crippen LogP contribution in [0.25, 0.3) is 0 Å². The number of benzene rings is 1. The van der Waals surface area contributed by atoms with Gasteiger partial charge in [-0.3, -0.25) is 4.79 Å². The summed E-state index contributed by atoms with van der Waals surface area (Å²) in [5.74, 6) is -2.07. The number of hydrogen-bond acceptors (Lipinski definition) is 2. The van der Waals surface area contributed by atoms with Crippen LogP contribution in [-0.2, 0) is 4.79 Å². The first-order valence-corrected chi connectivity index (χ1v) is 4.03. The van der Waals surface area contributed by atoms with Gasteiger partial charge < -0.3 is 10.6 Å². The van der Waals surface area contributed by atoms with Gasteiger partial charge in [-0.1, -0.05) is 0 Å². The van der Waals surface area contributed by atoms with E-state index in [1.807, 2.05) is 0 Å². The van der Waals surface area contributed by atoms with Crippen molar-refractivity contribution in [1.29, 1.82) is 0 Å². The second-order valence-corrected chi connectivity index (χ2v) is 2.66. The molecular formula is C9H10F2N2O. The fourth-order valence-electron chi connectivity index (χ4n) is 0.877. The zero-order chi connectivity index (χ0) is 10.6. The van der Waals surface area contributed by atoms with Gasteiger partial charge in [-0.05, 0) is 12.1 Å². The minimum absolute atomic E-state index is 0.0293. The van der Waals surface area contributed by atoms with E-state index in [0.717, 1.165) is 12.1 Å². The molecule has 0 fully saturated rings. The summed E-state index contributed by atoms with van der Waals surface area (Å²) in [5.41, 5.74) is 0.368. The third kappa shape index (κ3) is 2.69. The average molecular weight is 200 g/mol. The molecule has 0 spiro atoms. The largest absolute Gasteiger partial charge is 0.376 e. The summed E-state index contributed by atoms with van der Waals surface area (Å²) in [6, 6.07) is 3.36. The Morgan fingerprint density at radius 1 is 1.36 bits per heavy atom. The van der Waals surface area contributed by atoms with Crippen LogP contribution in [0.5, 0.6) is 0 Å². The van der Waals surface area contributed by atoms with Crippen molar-refractivity contribution < 1.29 is 13.6 Å². The van der Waals surface area contributed by atoms with E-state index in [2.05, 4.69) is 10.6 Å². The smallest absolute Gasteiger partial charge is 0.239 e. The van der Waals surface area contributed by atoms with Crippen LogP contribution in [0.3, 0.4) is 0 Å². The Morgan fingerprint density at radius 2 is 2.07 bits per heavy atom. The molecule has 5 heteroatoms. The van der Waals surface area contributed by atoms with Crippen molar-refractivity contribution in [1.82, 2.24) is 5.32 Å². The lowest BCUT2D eigenvalue weighted by atomic mass is 10.3. The monoisotopic (exact) mass is 200 g/mol. The normalized spacial score (nSPS) is 9.64. The molecule has 0 radical (unpaired) electrons. The van der Waals surface area contributed by atoms with Crippen LogP contribution in [0.15, 0.2) is 18.2 Å². The van der Waals surface area contributed by atoms with Crippen LogP contribution in [0, 0.1) is 11.6 Å². The topological polar surface area (TPSA) is 41.1 Å². The summed E-state index contributed by atoms with van der Waals surface area (Å²) in [5, 5.41) is 5.04. The molecule has 1 aromatic carbocycles. The lowest BCUT2D eigenvalue weighted by molar-refractivity contribution is -0.118. The molecule has 1 rings (SSSR count). The molecule has 0 bridgehead atoms. The highest BCUT2D eigenvalue weighted by Crippen LogP contribution is 2.12. The van der Waals surface area contributed by atoms with Crippen molar-refractivity contribution in [3.8, 4) is 0 Å². The standard InChI is InChI=1S/C9H10F2N2O/c1-12-9(14)5-13-6-2-3-7(10)8(11)4-6/h2-4,13H,5H2,1H3,(H,12,14). The van der Waals surface area contributed by atoms with Gasteiger partial charge >= 0.3 is 0 Å². The number of carbonyl (C=O) groups is 1. The summed E-state index contributed by atoms with van der Waals surface area (Å²) >= 11 is 0. The van der Waals surface area contributed by atoms with E-state index in [9.17, 15) is 13.6 Å². The third-order valence-corrected chi connectivity index (χ3v) is 1.65. The van der Waals surface area contributed by atoms with E-state index >= 15 is 0 Å². The van der Waals surface area contributed by atoms with Gasteiger partial charge in [0.2, 0.25) is 5.91 Å². The molecule has 0 heterocycles. The van der Waals surface area contributed by atoms with Gasteiger partial charge in [0.15, 0.2) is 11.6 Å². The lowest BCUT2D eigenvalue weighted by Crippen LogP contribution is -2.26. The Bertz CT molecular complexity index is 342. The Labute approximate surface area is 80.1 Å². The number of anilines is 1. The van der Waals surface area contributed by atoms with Gasteiger partial charge in [0.1, 0.15) is 0 Å². The molecule has 0 saturated carbocycles. The van der Waals surface area contributed by atoms with Gasteiger partial charge in [0, 0.05) is 18.8 Å². The van der Waals surface area contributed by atoms with E-state index in [1.54, 1.807) is 0 Å². The maximum Gasteiger partial charge on any atom is 0.239 e. The van der Waals surface area contributed by atoms with Gasteiger partial charge in [0.25, 0.3) is 0 Å². The SMILES string of the molecule is CNC(=O)CNc1ccc(F)c(F)c1. The van der Waals surface area contributed by atoms with Gasteiger partial charge in [0.05, 0.1) is 6.54 Å². The van der Waals surface area contributed by atoms with Crippen LogP contribution in [0.1, 0.15) is 0 Å². The Morgan fingerprint density at radius 3 is 2.64 bits per heavy atom. The number of nitrogens with one attached hydrogen (secondary N) is 2. The summed E-state index contributed by atoms with van der Waals surface area (Å²) in [6.07, 6.45) is 0. The number of hydrogen-bond donors (Lipinski definition) is 2. The predicted molar refractivity (Wildman–Crippen MR) is 48.9 cm³/mol. The molecule has 0 aliphatic rings. The fourth-order valence-corrected chi connectivity index (χ4v) is 0.877. The Kier molecular flexibility index (Phi) is 3.39. The quantitative estimate of drug-likeness (QED) is 0.767. The lowest BCUT2D eigenvalue weighted by Gasteiger charge is -2.05.